The molecule has 166 valence electrons. The van der Waals surface area contributed by atoms with Crippen LogP contribution < -0.4 is 10.5 Å². The third kappa shape index (κ3) is 3.23. The molecule has 0 spiro atoms. The number of nitrogens with zero attached hydrogens (tertiary/aromatic N) is 5. The Morgan fingerprint density at radius 2 is 1.97 bits per heavy atom. The van der Waals surface area contributed by atoms with Gasteiger partial charge in [0.2, 0.25) is 16.4 Å². The second-order valence-corrected chi connectivity index (χ2v) is 10.3. The summed E-state index contributed by atoms with van der Waals surface area (Å²) in [4.78, 5) is 20.1. The van der Waals surface area contributed by atoms with Gasteiger partial charge in [-0.15, -0.1) is 5.10 Å². The van der Waals surface area contributed by atoms with Gasteiger partial charge in [0.15, 0.2) is 6.61 Å². The number of carbonyl (C=O) groups excluding carboxylic acids is 1. The highest BCUT2D eigenvalue weighted by Gasteiger charge is 2.61. The van der Waals surface area contributed by atoms with Crippen molar-refractivity contribution in [2.45, 2.75) is 49.5 Å². The largest absolute Gasteiger partial charge is 0.484 e. The van der Waals surface area contributed by atoms with E-state index < -0.39 is 5.91 Å². The topological polar surface area (TPSA) is 122 Å². The highest BCUT2D eigenvalue weighted by Crippen LogP contribution is 2.64. The summed E-state index contributed by atoms with van der Waals surface area (Å²) < 4.78 is 13.9. The van der Waals surface area contributed by atoms with Crippen molar-refractivity contribution in [3.63, 3.8) is 0 Å². The van der Waals surface area contributed by atoms with Crippen molar-refractivity contribution in [3.05, 3.63) is 41.2 Å². The van der Waals surface area contributed by atoms with Crippen LogP contribution in [0.3, 0.4) is 0 Å². The van der Waals surface area contributed by atoms with Crippen molar-refractivity contribution in [2.75, 3.05) is 6.61 Å². The highest BCUT2D eigenvalue weighted by atomic mass is 79.9. The van der Waals surface area contributed by atoms with Gasteiger partial charge in [-0.05, 0) is 90.6 Å². The summed E-state index contributed by atoms with van der Waals surface area (Å²) in [6.07, 6.45) is 8.51. The lowest BCUT2D eigenvalue weighted by Gasteiger charge is -2.60. The lowest BCUT2D eigenvalue weighted by molar-refractivity contribution is -0.119. The summed E-state index contributed by atoms with van der Waals surface area (Å²) >= 11 is 3.41. The van der Waals surface area contributed by atoms with E-state index in [4.69, 9.17) is 20.0 Å². The molecule has 0 saturated heterocycles. The number of amides is 1. The van der Waals surface area contributed by atoms with Crippen molar-refractivity contribution in [3.8, 4) is 17.1 Å². The van der Waals surface area contributed by atoms with Crippen LogP contribution in [0.15, 0.2) is 39.8 Å². The fraction of sp³-hybridized carbons (Fsp3) is 0.500. The third-order valence-electron chi connectivity index (χ3n) is 7.35. The van der Waals surface area contributed by atoms with Gasteiger partial charge in [0.25, 0.3) is 5.91 Å². The molecule has 2 heterocycles. The smallest absolute Gasteiger partial charge is 0.255 e. The number of rotatable bonds is 6. The molecule has 10 heteroatoms. The predicted molar refractivity (Wildman–Crippen MR) is 116 cm³/mol. The van der Waals surface area contributed by atoms with Crippen LogP contribution in [-0.4, -0.2) is 37.4 Å². The minimum atomic E-state index is -0.511. The SMILES string of the molecule is NC(=O)COc1ccc(-c2noc(C34CC5CC(C3)CC(n3cnc(Br)n3)(C5)C4)n2)cc1. The number of halogens is 1. The fourth-order valence-electron chi connectivity index (χ4n) is 6.61. The lowest BCUT2D eigenvalue weighted by Crippen LogP contribution is -2.58. The summed E-state index contributed by atoms with van der Waals surface area (Å²) in [6, 6.07) is 7.27. The van der Waals surface area contributed by atoms with Crippen LogP contribution in [0.2, 0.25) is 0 Å². The second kappa shape index (κ2) is 7.13. The van der Waals surface area contributed by atoms with Crippen LogP contribution in [0.25, 0.3) is 11.4 Å². The van der Waals surface area contributed by atoms with Crippen LogP contribution in [0.4, 0.5) is 0 Å². The summed E-state index contributed by atoms with van der Waals surface area (Å²) in [6.45, 7) is -0.152. The molecule has 0 aliphatic heterocycles. The van der Waals surface area contributed by atoms with E-state index in [0.717, 1.165) is 43.6 Å². The van der Waals surface area contributed by atoms with Crippen molar-refractivity contribution < 1.29 is 14.1 Å². The van der Waals surface area contributed by atoms with E-state index in [1.54, 1.807) is 12.1 Å². The Kier molecular flexibility index (Phi) is 4.43. The maximum absolute atomic E-state index is 10.9. The molecule has 4 fully saturated rings. The first-order valence-electron chi connectivity index (χ1n) is 10.9. The second-order valence-electron chi connectivity index (χ2n) is 9.63. The van der Waals surface area contributed by atoms with Crippen LogP contribution in [0, 0.1) is 11.8 Å². The lowest BCUT2D eigenvalue weighted by atomic mass is 9.47. The average Bonchev–Trinajstić information content (AvgIpc) is 3.42. The number of benzene rings is 1. The summed E-state index contributed by atoms with van der Waals surface area (Å²) in [5.74, 6) is 2.63. The molecule has 2 unspecified atom stereocenters. The van der Waals surface area contributed by atoms with Gasteiger partial charge in [-0.2, -0.15) is 4.98 Å². The molecule has 4 bridgehead atoms. The van der Waals surface area contributed by atoms with Gasteiger partial charge in [-0.25, -0.2) is 9.67 Å². The van der Waals surface area contributed by atoms with Gasteiger partial charge in [0, 0.05) is 5.56 Å². The molecule has 4 saturated carbocycles. The van der Waals surface area contributed by atoms with Crippen LogP contribution in [-0.2, 0) is 15.7 Å². The molecule has 4 aliphatic carbocycles. The van der Waals surface area contributed by atoms with Gasteiger partial charge in [0.1, 0.15) is 12.1 Å². The first-order chi connectivity index (χ1) is 15.4. The quantitative estimate of drug-likeness (QED) is 0.553. The normalized spacial score (nSPS) is 30.5. The van der Waals surface area contributed by atoms with Gasteiger partial charge in [0.05, 0.1) is 11.0 Å². The molecule has 7 rings (SSSR count). The molecule has 3 aromatic rings. The average molecular weight is 499 g/mol. The van der Waals surface area contributed by atoms with Crippen molar-refractivity contribution in [1.29, 1.82) is 0 Å². The number of hydrogen-bond acceptors (Lipinski definition) is 7. The molecule has 2 N–H and O–H groups in total. The Bertz CT molecular complexity index is 1160. The monoisotopic (exact) mass is 498 g/mol. The Balaban J connectivity index is 1.29. The first kappa shape index (κ1) is 19.9. The fourth-order valence-corrected chi connectivity index (χ4v) is 6.88. The van der Waals surface area contributed by atoms with Gasteiger partial charge in [-0.1, -0.05) is 5.16 Å². The van der Waals surface area contributed by atoms with Crippen molar-refractivity contribution in [1.82, 2.24) is 24.9 Å². The van der Waals surface area contributed by atoms with Gasteiger partial charge < -0.3 is 15.0 Å². The zero-order valence-electron chi connectivity index (χ0n) is 17.4. The Labute approximate surface area is 192 Å². The van der Waals surface area contributed by atoms with E-state index in [-0.39, 0.29) is 17.6 Å². The van der Waals surface area contributed by atoms with E-state index in [1.165, 1.54) is 6.42 Å². The number of nitrogens with two attached hydrogens (primary N) is 1. The number of aromatic nitrogens is 5. The molecular weight excluding hydrogens is 476 g/mol. The van der Waals surface area contributed by atoms with E-state index in [1.807, 2.05) is 18.5 Å². The molecule has 4 aliphatic rings. The molecule has 32 heavy (non-hydrogen) atoms. The molecular formula is C22H23BrN6O3. The number of carbonyl (C=O) groups is 1. The van der Waals surface area contributed by atoms with Crippen LogP contribution in [0.5, 0.6) is 5.75 Å². The molecule has 2 aromatic heterocycles. The zero-order valence-corrected chi connectivity index (χ0v) is 19.0. The minimum absolute atomic E-state index is 0.0306. The number of hydrogen-bond donors (Lipinski definition) is 1. The van der Waals surface area contributed by atoms with Crippen molar-refractivity contribution >= 4 is 21.8 Å². The highest BCUT2D eigenvalue weighted by molar-refractivity contribution is 9.10. The van der Waals surface area contributed by atoms with Crippen molar-refractivity contribution in [2.24, 2.45) is 17.6 Å². The maximum atomic E-state index is 10.9. The van der Waals surface area contributed by atoms with Gasteiger partial charge in [-0.3, -0.25) is 4.79 Å². The molecule has 2 atom stereocenters. The zero-order chi connectivity index (χ0) is 21.9. The van der Waals surface area contributed by atoms with Crippen LogP contribution in [0.1, 0.15) is 44.4 Å². The van der Waals surface area contributed by atoms with Crippen LogP contribution >= 0.6 is 15.9 Å². The molecule has 1 aromatic carbocycles. The maximum Gasteiger partial charge on any atom is 0.255 e. The van der Waals surface area contributed by atoms with E-state index in [2.05, 4.69) is 35.9 Å². The first-order valence-corrected chi connectivity index (χ1v) is 11.7. The molecule has 0 radical (unpaired) electrons. The third-order valence-corrected chi connectivity index (χ3v) is 7.72. The Morgan fingerprint density at radius 3 is 2.62 bits per heavy atom. The summed E-state index contributed by atoms with van der Waals surface area (Å²) in [5.41, 5.74) is 5.82. The van der Waals surface area contributed by atoms with E-state index in [0.29, 0.717) is 28.1 Å². The minimum Gasteiger partial charge on any atom is -0.484 e. The number of primary amides is 1. The summed E-state index contributed by atoms with van der Waals surface area (Å²) in [7, 11) is 0. The Morgan fingerprint density at radius 1 is 1.22 bits per heavy atom. The number of ether oxygens (including phenoxy) is 1. The summed E-state index contributed by atoms with van der Waals surface area (Å²) in [5, 5.41) is 8.93. The molecule has 1 amide bonds. The standard InChI is InChI=1S/C22H23BrN6O3/c23-20-25-12-29(27-20)22-8-13-5-14(9-22)7-21(6-13,11-22)19-26-18(28-32-19)15-1-3-16(4-2-15)31-10-17(24)30/h1-4,12-14H,5-11H2,(H2,24,30). The predicted octanol–water partition coefficient (Wildman–Crippen LogP) is 3.20. The van der Waals surface area contributed by atoms with E-state index >= 15 is 0 Å². The molecule has 9 nitrogen and oxygen atoms in total. The van der Waals surface area contributed by atoms with Gasteiger partial charge >= 0.3 is 0 Å². The Hall–Kier alpha value is -2.75. The van der Waals surface area contributed by atoms with E-state index in [9.17, 15) is 4.79 Å².